The number of hydrogen-bond acceptors (Lipinski definition) is 2. The van der Waals surface area contributed by atoms with Crippen LogP contribution in [0.15, 0.2) is 30.3 Å². The molecule has 2 aliphatic heterocycles. The smallest absolute Gasteiger partial charge is 0.317 e. The number of amides is 2. The van der Waals surface area contributed by atoms with Crippen molar-refractivity contribution in [1.82, 2.24) is 10.2 Å². The molecule has 4 heteroatoms. The van der Waals surface area contributed by atoms with Crippen molar-refractivity contribution in [2.75, 3.05) is 31.1 Å². The quantitative estimate of drug-likeness (QED) is 0.799. The van der Waals surface area contributed by atoms with Crippen molar-refractivity contribution in [2.24, 2.45) is 0 Å². The van der Waals surface area contributed by atoms with Gasteiger partial charge in [0.15, 0.2) is 0 Å². The fraction of sp³-hybridized carbons (Fsp3) is 0.417. The molecule has 2 aliphatic rings. The van der Waals surface area contributed by atoms with Crippen molar-refractivity contribution in [3.8, 4) is 0 Å². The normalized spacial score (nSPS) is 20.9. The molecular formula is C12H15N3O. The van der Waals surface area contributed by atoms with Crippen molar-refractivity contribution >= 4 is 11.7 Å². The third-order valence-corrected chi connectivity index (χ3v) is 3.31. The third-order valence-electron chi connectivity index (χ3n) is 3.31. The first-order chi connectivity index (χ1) is 7.84. The van der Waals surface area contributed by atoms with Gasteiger partial charge in [0.25, 0.3) is 0 Å². The Kier molecular flexibility index (Phi) is 2.20. The zero-order valence-electron chi connectivity index (χ0n) is 9.10. The van der Waals surface area contributed by atoms with Gasteiger partial charge in [0.2, 0.25) is 0 Å². The SMILES string of the molecule is O=C1NCCN1C1CN(c2ccccc2)C1. The molecule has 4 nitrogen and oxygen atoms in total. The van der Waals surface area contributed by atoms with Gasteiger partial charge in [0.05, 0.1) is 6.04 Å². The minimum Gasteiger partial charge on any atom is -0.367 e. The maximum Gasteiger partial charge on any atom is 0.317 e. The molecule has 16 heavy (non-hydrogen) atoms. The number of nitrogens with one attached hydrogen (secondary N) is 1. The van der Waals surface area contributed by atoms with Gasteiger partial charge in [-0.1, -0.05) is 18.2 Å². The molecule has 0 bridgehead atoms. The molecule has 0 aliphatic carbocycles. The number of urea groups is 1. The summed E-state index contributed by atoms with van der Waals surface area (Å²) in [5.41, 5.74) is 1.25. The molecule has 0 unspecified atom stereocenters. The molecule has 1 aromatic rings. The molecular weight excluding hydrogens is 202 g/mol. The summed E-state index contributed by atoms with van der Waals surface area (Å²) in [4.78, 5) is 15.7. The summed E-state index contributed by atoms with van der Waals surface area (Å²) in [6, 6.07) is 10.8. The van der Waals surface area contributed by atoms with E-state index in [-0.39, 0.29) is 6.03 Å². The van der Waals surface area contributed by atoms with Crippen LogP contribution in [0.2, 0.25) is 0 Å². The van der Waals surface area contributed by atoms with E-state index in [1.54, 1.807) is 0 Å². The average Bonchev–Trinajstić information content (AvgIpc) is 2.65. The second-order valence-corrected chi connectivity index (χ2v) is 4.32. The molecule has 2 heterocycles. The number of para-hydroxylation sites is 1. The van der Waals surface area contributed by atoms with E-state index in [0.29, 0.717) is 6.04 Å². The molecule has 1 N–H and O–H groups in total. The van der Waals surface area contributed by atoms with E-state index in [9.17, 15) is 4.79 Å². The standard InChI is InChI=1S/C12H15N3O/c16-12-13-6-7-15(12)11-8-14(9-11)10-4-2-1-3-5-10/h1-5,11H,6-9H2,(H,13,16). The number of carbonyl (C=O) groups excluding carboxylic acids is 1. The highest BCUT2D eigenvalue weighted by Crippen LogP contribution is 2.23. The van der Waals surface area contributed by atoms with Gasteiger partial charge in [0, 0.05) is 31.9 Å². The second kappa shape index (κ2) is 3.70. The van der Waals surface area contributed by atoms with Crippen LogP contribution in [0, 0.1) is 0 Å². The van der Waals surface area contributed by atoms with E-state index in [2.05, 4.69) is 22.3 Å². The summed E-state index contributed by atoms with van der Waals surface area (Å²) < 4.78 is 0. The van der Waals surface area contributed by atoms with Gasteiger partial charge >= 0.3 is 6.03 Å². The van der Waals surface area contributed by atoms with E-state index in [4.69, 9.17) is 0 Å². The summed E-state index contributed by atoms with van der Waals surface area (Å²) in [5, 5.41) is 2.84. The summed E-state index contributed by atoms with van der Waals surface area (Å²) >= 11 is 0. The average molecular weight is 217 g/mol. The predicted molar refractivity (Wildman–Crippen MR) is 62.5 cm³/mol. The van der Waals surface area contributed by atoms with Crippen LogP contribution >= 0.6 is 0 Å². The van der Waals surface area contributed by atoms with Crippen LogP contribution in [-0.2, 0) is 0 Å². The topological polar surface area (TPSA) is 35.6 Å². The summed E-state index contributed by atoms with van der Waals surface area (Å²) in [7, 11) is 0. The molecule has 0 radical (unpaired) electrons. The van der Waals surface area contributed by atoms with Gasteiger partial charge < -0.3 is 15.1 Å². The highest BCUT2D eigenvalue weighted by molar-refractivity contribution is 5.77. The zero-order valence-corrected chi connectivity index (χ0v) is 9.10. The summed E-state index contributed by atoms with van der Waals surface area (Å²) in [5.74, 6) is 0. The lowest BCUT2D eigenvalue weighted by atomic mass is 10.1. The first kappa shape index (κ1) is 9.51. The Labute approximate surface area is 94.8 Å². The molecule has 1 aromatic carbocycles. The highest BCUT2D eigenvalue weighted by Gasteiger charge is 2.36. The first-order valence-corrected chi connectivity index (χ1v) is 5.69. The lowest BCUT2D eigenvalue weighted by Gasteiger charge is -2.44. The minimum absolute atomic E-state index is 0.0951. The Hall–Kier alpha value is -1.71. The summed E-state index contributed by atoms with van der Waals surface area (Å²) in [6.07, 6.45) is 0. The van der Waals surface area contributed by atoms with Crippen molar-refractivity contribution in [3.05, 3.63) is 30.3 Å². The van der Waals surface area contributed by atoms with Gasteiger partial charge in [-0.3, -0.25) is 0 Å². The molecule has 0 atom stereocenters. The van der Waals surface area contributed by atoms with Crippen LogP contribution in [0.4, 0.5) is 10.5 Å². The molecule has 0 aromatic heterocycles. The zero-order chi connectivity index (χ0) is 11.0. The Morgan fingerprint density at radius 1 is 1.19 bits per heavy atom. The lowest BCUT2D eigenvalue weighted by molar-refractivity contribution is 0.185. The fourth-order valence-electron chi connectivity index (χ4n) is 2.34. The van der Waals surface area contributed by atoms with Gasteiger partial charge in [-0.05, 0) is 12.1 Å². The number of benzene rings is 1. The minimum atomic E-state index is 0.0951. The molecule has 2 fully saturated rings. The molecule has 3 rings (SSSR count). The van der Waals surface area contributed by atoms with E-state index in [0.717, 1.165) is 26.2 Å². The van der Waals surface area contributed by atoms with Crippen molar-refractivity contribution in [3.63, 3.8) is 0 Å². The molecule has 2 amide bonds. The van der Waals surface area contributed by atoms with Crippen LogP contribution in [0.25, 0.3) is 0 Å². The number of anilines is 1. The maximum atomic E-state index is 11.4. The van der Waals surface area contributed by atoms with E-state index in [1.807, 2.05) is 23.1 Å². The van der Waals surface area contributed by atoms with Crippen molar-refractivity contribution < 1.29 is 4.79 Å². The van der Waals surface area contributed by atoms with Crippen LogP contribution < -0.4 is 10.2 Å². The van der Waals surface area contributed by atoms with Crippen molar-refractivity contribution in [2.45, 2.75) is 6.04 Å². The van der Waals surface area contributed by atoms with Crippen LogP contribution in [0.3, 0.4) is 0 Å². The van der Waals surface area contributed by atoms with Crippen LogP contribution in [-0.4, -0.2) is 43.2 Å². The van der Waals surface area contributed by atoms with E-state index >= 15 is 0 Å². The maximum absolute atomic E-state index is 11.4. The van der Waals surface area contributed by atoms with Crippen molar-refractivity contribution in [1.29, 1.82) is 0 Å². The highest BCUT2D eigenvalue weighted by atomic mass is 16.2. The molecule has 0 spiro atoms. The van der Waals surface area contributed by atoms with Crippen LogP contribution in [0.5, 0.6) is 0 Å². The van der Waals surface area contributed by atoms with Gasteiger partial charge in [-0.15, -0.1) is 0 Å². The second-order valence-electron chi connectivity index (χ2n) is 4.32. The largest absolute Gasteiger partial charge is 0.367 e. The number of carbonyl (C=O) groups is 1. The first-order valence-electron chi connectivity index (χ1n) is 5.69. The molecule has 84 valence electrons. The Morgan fingerprint density at radius 3 is 2.56 bits per heavy atom. The Morgan fingerprint density at radius 2 is 1.94 bits per heavy atom. The summed E-state index contributed by atoms with van der Waals surface area (Å²) in [6.45, 7) is 3.56. The predicted octanol–water partition coefficient (Wildman–Crippen LogP) is 0.900. The van der Waals surface area contributed by atoms with E-state index in [1.165, 1.54) is 5.69 Å². The fourth-order valence-corrected chi connectivity index (χ4v) is 2.34. The Balaban J connectivity index is 1.61. The monoisotopic (exact) mass is 217 g/mol. The molecule has 2 saturated heterocycles. The van der Waals surface area contributed by atoms with Gasteiger partial charge in [-0.2, -0.15) is 0 Å². The van der Waals surface area contributed by atoms with Gasteiger partial charge in [0.1, 0.15) is 0 Å². The van der Waals surface area contributed by atoms with Crippen LogP contribution in [0.1, 0.15) is 0 Å². The number of hydrogen-bond donors (Lipinski definition) is 1. The third kappa shape index (κ3) is 1.50. The number of nitrogens with zero attached hydrogens (tertiary/aromatic N) is 2. The van der Waals surface area contributed by atoms with Gasteiger partial charge in [-0.25, -0.2) is 4.79 Å². The lowest BCUT2D eigenvalue weighted by Crippen LogP contribution is -2.60. The Bertz CT molecular complexity index is 387. The van der Waals surface area contributed by atoms with E-state index < -0.39 is 0 Å². The molecule has 0 saturated carbocycles. The number of rotatable bonds is 2.